The zero-order valence-corrected chi connectivity index (χ0v) is 8.36. The molecular formula is C9H9O4P. The van der Waals surface area contributed by atoms with Gasteiger partial charge >= 0.3 is 7.60 Å². The molecule has 0 radical (unpaired) electrons. The third kappa shape index (κ3) is 3.63. The Hall–Kier alpha value is -1.27. The van der Waals surface area contributed by atoms with Crippen LogP contribution in [0.25, 0.3) is 0 Å². The van der Waals surface area contributed by atoms with Crippen LogP contribution in [-0.4, -0.2) is 16.9 Å². The van der Waals surface area contributed by atoms with E-state index in [-0.39, 0.29) is 0 Å². The molecule has 0 spiro atoms. The van der Waals surface area contributed by atoms with E-state index >= 15 is 0 Å². The van der Waals surface area contributed by atoms with Crippen molar-refractivity contribution < 1.29 is 19.1 Å². The Kier molecular flexibility index (Phi) is 3.32. The van der Waals surface area contributed by atoms with Gasteiger partial charge in [-0.2, -0.15) is 0 Å². The molecule has 0 saturated carbocycles. The number of rotatable bonds is 1. The lowest BCUT2D eigenvalue weighted by molar-refractivity contribution is 0.388. The summed E-state index contributed by atoms with van der Waals surface area (Å²) in [6.07, 6.45) is 0. The molecule has 0 amide bonds. The van der Waals surface area contributed by atoms with Crippen molar-refractivity contribution in [3.05, 3.63) is 29.8 Å². The third-order valence-corrected chi connectivity index (χ3v) is 1.84. The van der Waals surface area contributed by atoms with Gasteiger partial charge in [-0.25, -0.2) is 4.57 Å². The fourth-order valence-corrected chi connectivity index (χ4v) is 1.09. The first-order valence-electron chi connectivity index (χ1n) is 3.74. The van der Waals surface area contributed by atoms with Crippen LogP contribution in [0, 0.1) is 11.6 Å². The predicted molar refractivity (Wildman–Crippen MR) is 51.9 cm³/mol. The molecule has 2 N–H and O–H groups in total. The number of methoxy groups -OCH3 is 1. The molecule has 0 aliphatic carbocycles. The second kappa shape index (κ2) is 4.30. The number of ether oxygens (including phenoxy) is 1. The van der Waals surface area contributed by atoms with Gasteiger partial charge in [0.25, 0.3) is 0 Å². The summed E-state index contributed by atoms with van der Waals surface area (Å²) in [6, 6.07) is 6.59. The Morgan fingerprint density at radius 3 is 2.29 bits per heavy atom. The first-order valence-corrected chi connectivity index (χ1v) is 5.35. The van der Waals surface area contributed by atoms with Gasteiger partial charge in [-0.15, -0.1) is 0 Å². The van der Waals surface area contributed by atoms with Crippen LogP contribution in [0.15, 0.2) is 24.3 Å². The van der Waals surface area contributed by atoms with Crippen molar-refractivity contribution in [3.8, 4) is 17.3 Å². The maximum atomic E-state index is 10.4. The van der Waals surface area contributed by atoms with E-state index in [1.165, 1.54) is 7.11 Å². The van der Waals surface area contributed by atoms with Crippen LogP contribution in [0.5, 0.6) is 5.75 Å². The van der Waals surface area contributed by atoms with Crippen LogP contribution in [-0.2, 0) is 4.57 Å². The average Bonchev–Trinajstić information content (AvgIpc) is 2.14. The van der Waals surface area contributed by atoms with Crippen LogP contribution >= 0.6 is 7.60 Å². The Bertz CT molecular complexity index is 407. The molecular weight excluding hydrogens is 203 g/mol. The van der Waals surface area contributed by atoms with Crippen molar-refractivity contribution in [1.29, 1.82) is 0 Å². The van der Waals surface area contributed by atoms with Crippen molar-refractivity contribution in [3.63, 3.8) is 0 Å². The third-order valence-electron chi connectivity index (χ3n) is 1.44. The molecule has 0 saturated heterocycles. The highest BCUT2D eigenvalue weighted by molar-refractivity contribution is 7.57. The van der Waals surface area contributed by atoms with E-state index in [4.69, 9.17) is 14.5 Å². The Balaban J connectivity index is 2.87. The summed E-state index contributed by atoms with van der Waals surface area (Å²) in [4.78, 5) is 17.0. The van der Waals surface area contributed by atoms with E-state index in [1.54, 1.807) is 24.3 Å². The fourth-order valence-electron chi connectivity index (χ4n) is 0.812. The van der Waals surface area contributed by atoms with Gasteiger partial charge < -0.3 is 14.5 Å². The highest BCUT2D eigenvalue weighted by atomic mass is 31.2. The topological polar surface area (TPSA) is 66.8 Å². The van der Waals surface area contributed by atoms with Gasteiger partial charge in [-0.3, -0.25) is 0 Å². The smallest absolute Gasteiger partial charge is 0.400 e. The molecule has 0 bridgehead atoms. The van der Waals surface area contributed by atoms with Crippen LogP contribution < -0.4 is 4.74 Å². The van der Waals surface area contributed by atoms with Crippen molar-refractivity contribution in [2.75, 3.05) is 7.11 Å². The highest BCUT2D eigenvalue weighted by Gasteiger charge is 2.05. The van der Waals surface area contributed by atoms with E-state index in [0.717, 1.165) is 0 Å². The monoisotopic (exact) mass is 212 g/mol. The van der Waals surface area contributed by atoms with Crippen molar-refractivity contribution in [2.24, 2.45) is 0 Å². The molecule has 0 aromatic heterocycles. The van der Waals surface area contributed by atoms with Gasteiger partial charge in [-0.1, -0.05) is 5.92 Å². The zero-order chi connectivity index (χ0) is 10.6. The minimum absolute atomic E-state index is 0.536. The standard InChI is InChI=1S/C9H9O4P/c1-13-9-4-2-8(3-5-9)6-7-14(10,11)12/h2-5H,1H3,(H2,10,11,12). The average molecular weight is 212 g/mol. The molecule has 0 aliphatic rings. The second-order valence-electron chi connectivity index (χ2n) is 2.51. The van der Waals surface area contributed by atoms with Gasteiger partial charge in [0.2, 0.25) is 0 Å². The lowest BCUT2D eigenvalue weighted by Gasteiger charge is -1.97. The minimum Gasteiger partial charge on any atom is -0.497 e. The Morgan fingerprint density at radius 1 is 1.29 bits per heavy atom. The van der Waals surface area contributed by atoms with E-state index in [2.05, 4.69) is 5.92 Å². The number of benzene rings is 1. The molecule has 5 heteroatoms. The van der Waals surface area contributed by atoms with Crippen LogP contribution in [0.2, 0.25) is 0 Å². The Labute approximate surface area is 81.7 Å². The lowest BCUT2D eigenvalue weighted by atomic mass is 10.2. The minimum atomic E-state index is -4.24. The van der Waals surface area contributed by atoms with Crippen molar-refractivity contribution in [1.82, 2.24) is 0 Å². The van der Waals surface area contributed by atoms with Crippen LogP contribution in [0.4, 0.5) is 0 Å². The molecule has 0 aliphatic heterocycles. The Morgan fingerprint density at radius 2 is 1.86 bits per heavy atom. The van der Waals surface area contributed by atoms with Crippen LogP contribution in [0.3, 0.4) is 0 Å². The predicted octanol–water partition coefficient (Wildman–Crippen LogP) is 1.18. The SMILES string of the molecule is COc1ccc(C#CP(=O)(O)O)cc1. The summed E-state index contributed by atoms with van der Waals surface area (Å²) in [5.74, 6) is 3.04. The molecule has 1 aromatic carbocycles. The maximum absolute atomic E-state index is 10.4. The zero-order valence-electron chi connectivity index (χ0n) is 7.47. The van der Waals surface area contributed by atoms with E-state index in [0.29, 0.717) is 11.3 Å². The van der Waals surface area contributed by atoms with Gasteiger partial charge in [0, 0.05) is 11.2 Å². The van der Waals surface area contributed by atoms with Crippen molar-refractivity contribution >= 4 is 7.60 Å². The molecule has 74 valence electrons. The van der Waals surface area contributed by atoms with Crippen molar-refractivity contribution in [2.45, 2.75) is 0 Å². The quantitative estimate of drug-likeness (QED) is 0.541. The van der Waals surface area contributed by atoms with Gasteiger partial charge in [0.15, 0.2) is 0 Å². The maximum Gasteiger partial charge on any atom is 0.400 e. The molecule has 14 heavy (non-hydrogen) atoms. The van der Waals surface area contributed by atoms with Gasteiger partial charge in [0.1, 0.15) is 5.75 Å². The summed E-state index contributed by atoms with van der Waals surface area (Å²) in [5.41, 5.74) is 2.39. The largest absolute Gasteiger partial charge is 0.497 e. The highest BCUT2D eigenvalue weighted by Crippen LogP contribution is 2.32. The second-order valence-corrected chi connectivity index (χ2v) is 3.82. The summed E-state index contributed by atoms with van der Waals surface area (Å²) >= 11 is 0. The summed E-state index contributed by atoms with van der Waals surface area (Å²) in [6.45, 7) is 0. The normalized spacial score (nSPS) is 10.2. The first-order chi connectivity index (χ1) is 6.51. The molecule has 0 fully saturated rings. The first kappa shape index (κ1) is 10.8. The molecule has 0 unspecified atom stereocenters. The molecule has 4 nitrogen and oxygen atoms in total. The number of hydrogen-bond acceptors (Lipinski definition) is 2. The summed E-state index contributed by atoms with van der Waals surface area (Å²) in [7, 11) is -2.70. The van der Waals surface area contributed by atoms with Crippen LogP contribution in [0.1, 0.15) is 5.56 Å². The van der Waals surface area contributed by atoms with Gasteiger partial charge in [0.05, 0.1) is 7.11 Å². The lowest BCUT2D eigenvalue weighted by Crippen LogP contribution is -1.81. The molecule has 0 heterocycles. The molecule has 1 rings (SSSR count). The fraction of sp³-hybridized carbons (Fsp3) is 0.111. The molecule has 0 atom stereocenters. The summed E-state index contributed by atoms with van der Waals surface area (Å²) in [5, 5.41) is 0. The molecule has 1 aromatic rings. The van der Waals surface area contributed by atoms with E-state index in [9.17, 15) is 4.57 Å². The van der Waals surface area contributed by atoms with E-state index in [1.807, 2.05) is 5.66 Å². The summed E-state index contributed by atoms with van der Waals surface area (Å²) < 4.78 is 15.3. The number of hydrogen-bond donors (Lipinski definition) is 2. The van der Waals surface area contributed by atoms with E-state index < -0.39 is 7.60 Å². The van der Waals surface area contributed by atoms with Gasteiger partial charge in [-0.05, 0) is 24.3 Å².